The maximum absolute atomic E-state index is 13.2. The molecule has 3 rings (SSSR count). The zero-order chi connectivity index (χ0) is 17.8. The second-order valence-corrected chi connectivity index (χ2v) is 5.84. The van der Waals surface area contributed by atoms with E-state index in [2.05, 4.69) is 15.6 Å². The lowest BCUT2D eigenvalue weighted by molar-refractivity contribution is 0.102. The zero-order valence-electron chi connectivity index (χ0n) is 14.0. The lowest BCUT2D eigenvalue weighted by Crippen LogP contribution is -2.14. The molecule has 0 saturated carbocycles. The van der Waals surface area contributed by atoms with Gasteiger partial charge in [0.05, 0.1) is 11.9 Å². The molecule has 126 valence electrons. The molecule has 0 radical (unpaired) electrons. The molecule has 2 aromatic carbocycles. The molecule has 2 N–H and O–H groups in total. The number of anilines is 3. The van der Waals surface area contributed by atoms with Crippen LogP contribution < -0.4 is 10.6 Å². The van der Waals surface area contributed by atoms with E-state index in [0.29, 0.717) is 17.1 Å². The molecule has 0 bridgehead atoms. The molecule has 4 nitrogen and oxygen atoms in total. The summed E-state index contributed by atoms with van der Waals surface area (Å²) in [6, 6.07) is 15.4. The highest BCUT2D eigenvalue weighted by Crippen LogP contribution is 2.19. The fourth-order valence-corrected chi connectivity index (χ4v) is 2.39. The average molecular weight is 335 g/mol. The van der Waals surface area contributed by atoms with Gasteiger partial charge in [0.1, 0.15) is 11.5 Å². The summed E-state index contributed by atoms with van der Waals surface area (Å²) in [5, 5.41) is 5.92. The first-order valence-electron chi connectivity index (χ1n) is 7.88. The predicted octanol–water partition coefficient (Wildman–Crippen LogP) is 4.83. The minimum absolute atomic E-state index is 0.272. The lowest BCUT2D eigenvalue weighted by atomic mass is 10.1. The second-order valence-electron chi connectivity index (χ2n) is 5.84. The van der Waals surface area contributed by atoms with Crippen LogP contribution in [0.3, 0.4) is 0 Å². The van der Waals surface area contributed by atoms with E-state index < -0.39 is 0 Å². The zero-order valence-corrected chi connectivity index (χ0v) is 14.0. The Morgan fingerprint density at radius 3 is 2.56 bits per heavy atom. The number of hydrogen-bond donors (Lipinski definition) is 2. The van der Waals surface area contributed by atoms with Crippen LogP contribution in [0.2, 0.25) is 0 Å². The number of hydrogen-bond acceptors (Lipinski definition) is 3. The topological polar surface area (TPSA) is 54.0 Å². The standard InChI is InChI=1S/C20H18FN3O/c1-13-6-7-14(2)19(10-13)24-20(25)18-9-8-17(12-22-18)23-16-5-3-4-15(21)11-16/h3-12,23H,1-2H3,(H,24,25). The highest BCUT2D eigenvalue weighted by Gasteiger charge is 2.09. The molecule has 0 saturated heterocycles. The van der Waals surface area contributed by atoms with Crippen LogP contribution in [0.15, 0.2) is 60.8 Å². The molecule has 3 aromatic rings. The highest BCUT2D eigenvalue weighted by molar-refractivity contribution is 6.03. The van der Waals surface area contributed by atoms with E-state index in [1.807, 2.05) is 32.0 Å². The summed E-state index contributed by atoms with van der Waals surface area (Å²) in [5.41, 5.74) is 4.44. The van der Waals surface area contributed by atoms with E-state index in [9.17, 15) is 9.18 Å². The number of rotatable bonds is 4. The molecule has 0 aliphatic carbocycles. The van der Waals surface area contributed by atoms with Crippen LogP contribution in [0.5, 0.6) is 0 Å². The molecule has 1 heterocycles. The van der Waals surface area contributed by atoms with Gasteiger partial charge in [0.25, 0.3) is 5.91 Å². The predicted molar refractivity (Wildman–Crippen MR) is 97.8 cm³/mol. The molecule has 5 heteroatoms. The number of amides is 1. The highest BCUT2D eigenvalue weighted by atomic mass is 19.1. The van der Waals surface area contributed by atoms with Crippen LogP contribution in [-0.2, 0) is 0 Å². The van der Waals surface area contributed by atoms with Gasteiger partial charge in [-0.25, -0.2) is 9.37 Å². The quantitative estimate of drug-likeness (QED) is 0.718. The maximum atomic E-state index is 13.2. The third kappa shape index (κ3) is 4.20. The summed E-state index contributed by atoms with van der Waals surface area (Å²) in [6.07, 6.45) is 1.54. The van der Waals surface area contributed by atoms with Crippen LogP contribution >= 0.6 is 0 Å². The summed E-state index contributed by atoms with van der Waals surface area (Å²) in [7, 11) is 0. The van der Waals surface area contributed by atoms with Crippen LogP contribution in [0.25, 0.3) is 0 Å². The van der Waals surface area contributed by atoms with E-state index >= 15 is 0 Å². The van der Waals surface area contributed by atoms with Crippen LogP contribution in [0, 0.1) is 19.7 Å². The van der Waals surface area contributed by atoms with Gasteiger partial charge in [0.2, 0.25) is 0 Å². The lowest BCUT2D eigenvalue weighted by Gasteiger charge is -2.10. The van der Waals surface area contributed by atoms with Crippen molar-refractivity contribution in [2.75, 3.05) is 10.6 Å². The first kappa shape index (κ1) is 16.6. The van der Waals surface area contributed by atoms with Crippen LogP contribution in [0.4, 0.5) is 21.5 Å². The molecule has 0 aliphatic rings. The van der Waals surface area contributed by atoms with Gasteiger partial charge in [0, 0.05) is 11.4 Å². The number of aryl methyl sites for hydroxylation is 2. The van der Waals surface area contributed by atoms with E-state index in [-0.39, 0.29) is 11.7 Å². The second kappa shape index (κ2) is 7.13. The van der Waals surface area contributed by atoms with Gasteiger partial charge < -0.3 is 10.6 Å². The molecule has 0 atom stereocenters. The number of benzene rings is 2. The SMILES string of the molecule is Cc1ccc(C)c(NC(=O)c2ccc(Nc3cccc(F)c3)cn2)c1. The largest absolute Gasteiger partial charge is 0.354 e. The van der Waals surface area contributed by atoms with Gasteiger partial charge in [-0.15, -0.1) is 0 Å². The minimum Gasteiger partial charge on any atom is -0.354 e. The molecule has 0 fully saturated rings. The Labute approximate surface area is 145 Å². The molecule has 1 amide bonds. The molecule has 0 aliphatic heterocycles. The van der Waals surface area contributed by atoms with Crippen molar-refractivity contribution in [2.45, 2.75) is 13.8 Å². The third-order valence-corrected chi connectivity index (χ3v) is 3.75. The van der Waals surface area contributed by atoms with Crippen molar-refractivity contribution in [3.63, 3.8) is 0 Å². The van der Waals surface area contributed by atoms with E-state index in [1.165, 1.54) is 12.1 Å². The smallest absolute Gasteiger partial charge is 0.274 e. The number of aromatic nitrogens is 1. The fourth-order valence-electron chi connectivity index (χ4n) is 2.39. The van der Waals surface area contributed by atoms with Gasteiger partial charge in [-0.1, -0.05) is 18.2 Å². The first-order chi connectivity index (χ1) is 12.0. The van der Waals surface area contributed by atoms with Crippen molar-refractivity contribution in [2.24, 2.45) is 0 Å². The van der Waals surface area contributed by atoms with Crippen molar-refractivity contribution in [3.05, 3.63) is 83.4 Å². The van der Waals surface area contributed by atoms with Gasteiger partial charge in [-0.2, -0.15) is 0 Å². The number of carbonyl (C=O) groups excluding carboxylic acids is 1. The summed E-state index contributed by atoms with van der Waals surface area (Å²) in [6.45, 7) is 3.91. The number of carbonyl (C=O) groups is 1. The Morgan fingerprint density at radius 1 is 1.00 bits per heavy atom. The minimum atomic E-state index is -0.317. The molecule has 1 aromatic heterocycles. The fraction of sp³-hybridized carbons (Fsp3) is 0.100. The Hall–Kier alpha value is -3.21. The van der Waals surface area contributed by atoms with E-state index in [1.54, 1.807) is 30.5 Å². The molecular weight excluding hydrogens is 317 g/mol. The summed E-state index contributed by atoms with van der Waals surface area (Å²) < 4.78 is 13.2. The third-order valence-electron chi connectivity index (χ3n) is 3.75. The van der Waals surface area contributed by atoms with Crippen molar-refractivity contribution in [1.29, 1.82) is 0 Å². The Bertz CT molecular complexity index is 907. The Kier molecular flexibility index (Phi) is 4.75. The molecule has 0 unspecified atom stereocenters. The summed E-state index contributed by atoms with van der Waals surface area (Å²) in [4.78, 5) is 16.5. The van der Waals surface area contributed by atoms with Crippen LogP contribution in [0.1, 0.15) is 21.6 Å². The monoisotopic (exact) mass is 335 g/mol. The number of halogens is 1. The summed E-state index contributed by atoms with van der Waals surface area (Å²) >= 11 is 0. The molecule has 25 heavy (non-hydrogen) atoms. The molecular formula is C20H18FN3O. The number of pyridine rings is 1. The van der Waals surface area contributed by atoms with E-state index in [4.69, 9.17) is 0 Å². The molecule has 0 spiro atoms. The van der Waals surface area contributed by atoms with Crippen molar-refractivity contribution in [1.82, 2.24) is 4.98 Å². The van der Waals surface area contributed by atoms with Gasteiger partial charge >= 0.3 is 0 Å². The first-order valence-corrected chi connectivity index (χ1v) is 7.88. The van der Waals surface area contributed by atoms with Gasteiger partial charge in [-0.3, -0.25) is 4.79 Å². The van der Waals surface area contributed by atoms with Crippen molar-refractivity contribution >= 4 is 23.0 Å². The van der Waals surface area contributed by atoms with Crippen molar-refractivity contribution < 1.29 is 9.18 Å². The van der Waals surface area contributed by atoms with Crippen molar-refractivity contribution in [3.8, 4) is 0 Å². The van der Waals surface area contributed by atoms with Gasteiger partial charge in [-0.05, 0) is 61.4 Å². The number of nitrogens with zero attached hydrogens (tertiary/aromatic N) is 1. The Balaban J connectivity index is 1.71. The normalized spacial score (nSPS) is 10.4. The van der Waals surface area contributed by atoms with E-state index in [0.717, 1.165) is 16.8 Å². The summed E-state index contributed by atoms with van der Waals surface area (Å²) in [5.74, 6) is -0.589. The van der Waals surface area contributed by atoms with Crippen LogP contribution in [-0.4, -0.2) is 10.9 Å². The average Bonchev–Trinajstić information content (AvgIpc) is 2.59. The van der Waals surface area contributed by atoms with Gasteiger partial charge in [0.15, 0.2) is 0 Å². The number of nitrogens with one attached hydrogen (secondary N) is 2. The maximum Gasteiger partial charge on any atom is 0.274 e. The Morgan fingerprint density at radius 2 is 1.84 bits per heavy atom.